The van der Waals surface area contributed by atoms with Crippen LogP contribution in [0.5, 0.6) is 0 Å². The Labute approximate surface area is 407 Å². The fourth-order valence-corrected chi connectivity index (χ4v) is 11.1. The third-order valence-electron chi connectivity index (χ3n) is 9.53. The normalized spacial score (nSPS) is 13.6. The Balaban J connectivity index is 1.37. The molecule has 29 nitrogen and oxygen atoms in total. The van der Waals surface area contributed by atoms with Crippen LogP contribution in [0.2, 0.25) is 0 Å². The van der Waals surface area contributed by atoms with Gasteiger partial charge in [0.15, 0.2) is 19.7 Å². The molecule has 0 spiro atoms. The van der Waals surface area contributed by atoms with E-state index in [1.54, 1.807) is 0 Å². The Kier molecular flexibility index (Phi) is 15.5. The second-order valence-corrected chi connectivity index (χ2v) is 25.0. The number of hydrogen-bond acceptors (Lipinski definition) is 24. The minimum Gasteiger partial charge on any atom is -0.396 e. The minimum atomic E-state index is -5.28. The lowest BCUT2D eigenvalue weighted by Gasteiger charge is -2.11. The summed E-state index contributed by atoms with van der Waals surface area (Å²) in [5, 5.41) is 24.4. The fourth-order valence-electron chi connectivity index (χ4n) is 6.20. The molecule has 6 rings (SSSR count). The molecular weight excluding hydrogens is 1100 g/mol. The van der Waals surface area contributed by atoms with Crippen LogP contribution < -0.4 is 11.5 Å². The Hall–Kier alpha value is -6.39. The van der Waals surface area contributed by atoms with Gasteiger partial charge in [0.2, 0.25) is 0 Å². The van der Waals surface area contributed by atoms with E-state index in [4.69, 9.17) is 20.6 Å². The van der Waals surface area contributed by atoms with Gasteiger partial charge in [-0.25, -0.2) is 25.2 Å². The zero-order valence-electron chi connectivity index (χ0n) is 35.5. The first-order valence-corrected chi connectivity index (χ1v) is 29.3. The van der Waals surface area contributed by atoms with E-state index < -0.39 is 144 Å². The van der Waals surface area contributed by atoms with Crippen LogP contribution in [0.15, 0.2) is 146 Å². The maximum Gasteiger partial charge on any atom is 0.397 e. The fraction of sp³-hybridized carbons (Fsp3) is 0.111. The lowest BCUT2D eigenvalue weighted by Crippen LogP contribution is -2.16. The SMILES string of the molecule is Nc1c(N=Nc2ccc(N=Nc3ccc(S(=O)(=O)CCOS(=O)(=O)O)cc3S(=O)(=O)O)c3cc(S(=O)(=O)O)ccc23)cc(S(=O)(=O)O)c(N)c1N=Nc1ccc2cc(S(=O)(=O)CCOS(=O)(=O)O)ccc2c1. The van der Waals surface area contributed by atoms with Gasteiger partial charge in [0, 0.05) is 10.8 Å². The molecule has 0 heterocycles. The van der Waals surface area contributed by atoms with Gasteiger partial charge in [-0.05, 0) is 83.6 Å². The van der Waals surface area contributed by atoms with Crippen LogP contribution in [0.4, 0.5) is 45.5 Å². The summed E-state index contributed by atoms with van der Waals surface area (Å²) in [7, 11) is -33.9. The van der Waals surface area contributed by atoms with Crippen molar-refractivity contribution in [2.45, 2.75) is 24.5 Å². The monoisotopic (exact) mass is 1140 g/mol. The number of hydrogen-bond donors (Lipinski definition) is 7. The zero-order valence-corrected chi connectivity index (χ0v) is 41.2. The molecule has 0 aliphatic rings. The number of nitrogens with zero attached hydrogens (tertiary/aromatic N) is 6. The van der Waals surface area contributed by atoms with Gasteiger partial charge in [-0.15, -0.1) is 25.6 Å². The summed E-state index contributed by atoms with van der Waals surface area (Å²) < 4.78 is 223. The molecule has 6 aromatic carbocycles. The van der Waals surface area contributed by atoms with Crippen LogP contribution >= 0.6 is 0 Å². The summed E-state index contributed by atoms with van der Waals surface area (Å²) in [6.07, 6.45) is 0. The highest BCUT2D eigenvalue weighted by Crippen LogP contribution is 2.44. The second kappa shape index (κ2) is 20.3. The number of benzene rings is 6. The Morgan fingerprint density at radius 2 is 0.875 bits per heavy atom. The molecule has 36 heteroatoms. The molecule has 384 valence electrons. The van der Waals surface area contributed by atoms with Gasteiger partial charge in [0.1, 0.15) is 26.9 Å². The van der Waals surface area contributed by atoms with Crippen molar-refractivity contribution in [3.63, 3.8) is 0 Å². The summed E-state index contributed by atoms with van der Waals surface area (Å²) in [5.74, 6) is -1.87. The zero-order chi connectivity index (χ0) is 53.4. The summed E-state index contributed by atoms with van der Waals surface area (Å²) in [4.78, 5) is -3.75. The van der Waals surface area contributed by atoms with Gasteiger partial charge in [-0.1, -0.05) is 18.2 Å². The smallest absolute Gasteiger partial charge is 0.396 e. The van der Waals surface area contributed by atoms with Gasteiger partial charge < -0.3 is 11.5 Å². The van der Waals surface area contributed by atoms with Gasteiger partial charge in [-0.2, -0.15) is 47.2 Å². The largest absolute Gasteiger partial charge is 0.397 e. The van der Waals surface area contributed by atoms with Crippen molar-refractivity contribution in [1.82, 2.24) is 0 Å². The van der Waals surface area contributed by atoms with Crippen LogP contribution in [0, 0.1) is 0 Å². The molecule has 6 aromatic rings. The van der Waals surface area contributed by atoms with Crippen LogP contribution in [0.1, 0.15) is 0 Å². The highest BCUT2D eigenvalue weighted by molar-refractivity contribution is 7.92. The average molecular weight is 1140 g/mol. The maximum atomic E-state index is 12.8. The number of fused-ring (bicyclic) bond motifs is 2. The molecule has 0 saturated heterocycles. The minimum absolute atomic E-state index is 0.0257. The number of nitrogens with two attached hydrogens (primary N) is 2. The van der Waals surface area contributed by atoms with E-state index in [0.29, 0.717) is 16.8 Å². The molecule has 72 heavy (non-hydrogen) atoms. The molecule has 0 atom stereocenters. The van der Waals surface area contributed by atoms with Crippen molar-refractivity contribution >= 4 is 138 Å². The molecule has 0 aliphatic carbocycles. The molecular formula is C36H32N8O21S7. The van der Waals surface area contributed by atoms with E-state index in [1.807, 2.05) is 0 Å². The topological polar surface area (TPSA) is 485 Å². The van der Waals surface area contributed by atoms with E-state index in [1.165, 1.54) is 42.5 Å². The van der Waals surface area contributed by atoms with E-state index in [2.05, 4.69) is 39.1 Å². The number of azo groups is 3. The van der Waals surface area contributed by atoms with Gasteiger partial charge >= 0.3 is 20.8 Å². The Bertz CT molecular complexity index is 4140. The Morgan fingerprint density at radius 1 is 0.403 bits per heavy atom. The maximum absolute atomic E-state index is 12.8. The lowest BCUT2D eigenvalue weighted by atomic mass is 10.1. The predicted octanol–water partition coefficient (Wildman–Crippen LogP) is 5.33. The molecule has 0 amide bonds. The van der Waals surface area contributed by atoms with Crippen molar-refractivity contribution in [3.05, 3.63) is 91.0 Å². The first kappa shape index (κ1) is 54.9. The number of rotatable bonds is 19. The summed E-state index contributed by atoms with van der Waals surface area (Å²) in [6.45, 7) is -1.93. The van der Waals surface area contributed by atoms with Crippen LogP contribution in [-0.4, -0.2) is 106 Å². The van der Waals surface area contributed by atoms with E-state index >= 15 is 0 Å². The van der Waals surface area contributed by atoms with Gasteiger partial charge in [0.25, 0.3) is 30.4 Å². The summed E-state index contributed by atoms with van der Waals surface area (Å²) in [5.41, 5.74) is 9.19. The summed E-state index contributed by atoms with van der Waals surface area (Å²) in [6, 6.07) is 16.1. The molecule has 0 saturated carbocycles. The van der Waals surface area contributed by atoms with Crippen LogP contribution in [0.3, 0.4) is 0 Å². The highest BCUT2D eigenvalue weighted by Gasteiger charge is 2.25. The van der Waals surface area contributed by atoms with Crippen LogP contribution in [-0.2, 0) is 79.2 Å². The van der Waals surface area contributed by atoms with Crippen molar-refractivity contribution < 1.29 is 90.1 Å². The van der Waals surface area contributed by atoms with Gasteiger partial charge in [0.05, 0.1) is 67.8 Å². The first-order chi connectivity index (χ1) is 33.1. The lowest BCUT2D eigenvalue weighted by molar-refractivity contribution is 0.282. The molecule has 9 N–H and O–H groups in total. The first-order valence-electron chi connectivity index (χ1n) is 19.0. The quantitative estimate of drug-likeness (QED) is 0.0306. The number of nitrogen functional groups attached to an aromatic ring is 2. The van der Waals surface area contributed by atoms with E-state index in [-0.39, 0.29) is 32.7 Å². The predicted molar refractivity (Wildman–Crippen MR) is 251 cm³/mol. The molecule has 0 bridgehead atoms. The highest BCUT2D eigenvalue weighted by atomic mass is 32.3. The van der Waals surface area contributed by atoms with Crippen molar-refractivity contribution in [3.8, 4) is 0 Å². The number of anilines is 2. The third-order valence-corrected chi connectivity index (χ3v) is 16.4. The van der Waals surface area contributed by atoms with Crippen molar-refractivity contribution in [2.75, 3.05) is 36.2 Å². The van der Waals surface area contributed by atoms with E-state index in [0.717, 1.165) is 42.5 Å². The average Bonchev–Trinajstić information content (AvgIpc) is 3.25. The molecule has 0 fully saturated rings. The second-order valence-electron chi connectivity index (χ2n) is 14.4. The van der Waals surface area contributed by atoms with Gasteiger partial charge in [-0.3, -0.25) is 22.8 Å². The summed E-state index contributed by atoms with van der Waals surface area (Å²) >= 11 is 0. The molecule has 0 aliphatic heterocycles. The van der Waals surface area contributed by atoms with E-state index in [9.17, 15) is 72.6 Å². The Morgan fingerprint density at radius 3 is 1.43 bits per heavy atom. The molecule has 0 radical (unpaired) electrons. The number of sulfone groups is 2. The molecule has 0 aromatic heterocycles. The molecule has 0 unspecified atom stereocenters. The standard InChI is InChI=1S/C36H32N8O21S7/c37-34-31(19-33(70(55,56)57)35(38)36(34)44-39-22-3-1-21-16-23(4-2-20(21)15-22)66(45,46)13-11-64-71(58,59)60)43-40-28-9-10-29(27-17-25(68(49,50)51)5-7-26(27)28)41-42-30-8-6-24(18-32(30)69(52,53)54)67(47,48)14-12-65-72(61,62)63/h1-10,15-19H,11-14,37-38H2,(H,49,50,51)(H,52,53,54)(H,55,56,57)(H,58,59,60)(H,61,62,63). The van der Waals surface area contributed by atoms with Crippen molar-refractivity contribution in [1.29, 1.82) is 0 Å². The third kappa shape index (κ3) is 13.6. The van der Waals surface area contributed by atoms with Crippen molar-refractivity contribution in [2.24, 2.45) is 30.7 Å². The van der Waals surface area contributed by atoms with Crippen LogP contribution in [0.25, 0.3) is 21.5 Å².